The molecule has 6 heteroatoms. The average molecular weight is 382 g/mol. The molecule has 2 heterocycles. The van der Waals surface area contributed by atoms with E-state index in [0.717, 1.165) is 11.4 Å². The van der Waals surface area contributed by atoms with Crippen molar-refractivity contribution < 1.29 is 9.18 Å². The van der Waals surface area contributed by atoms with E-state index in [-0.39, 0.29) is 23.7 Å². The summed E-state index contributed by atoms with van der Waals surface area (Å²) < 4.78 is 16.1. The van der Waals surface area contributed by atoms with Gasteiger partial charge < -0.3 is 9.47 Å². The number of hydrogen-bond acceptors (Lipinski definition) is 3. The maximum atomic E-state index is 14.3. The van der Waals surface area contributed by atoms with E-state index in [1.165, 1.54) is 6.07 Å². The van der Waals surface area contributed by atoms with Crippen molar-refractivity contribution in [1.82, 2.24) is 14.4 Å². The Morgan fingerprint density at radius 2 is 1.79 bits per heavy atom. The van der Waals surface area contributed by atoms with E-state index in [9.17, 15) is 14.4 Å². The van der Waals surface area contributed by atoms with Crippen molar-refractivity contribution in [3.63, 3.8) is 0 Å². The highest BCUT2D eigenvalue weighted by Crippen LogP contribution is 2.24. The molecule has 5 nitrogen and oxygen atoms in total. The molecule has 1 aromatic heterocycles. The summed E-state index contributed by atoms with van der Waals surface area (Å²) in [4.78, 5) is 17.1. The second-order valence-corrected chi connectivity index (χ2v) is 7.72. The molecule has 3 rings (SSSR count). The molecule has 28 heavy (non-hydrogen) atoms. The van der Waals surface area contributed by atoms with Crippen LogP contribution in [0.3, 0.4) is 0 Å². The zero-order valence-corrected chi connectivity index (χ0v) is 16.9. The third-order valence-electron chi connectivity index (χ3n) is 5.51. The summed E-state index contributed by atoms with van der Waals surface area (Å²) >= 11 is 0. The van der Waals surface area contributed by atoms with Gasteiger partial charge in [-0.15, -0.1) is 0 Å². The number of nitriles is 1. The quantitative estimate of drug-likeness (QED) is 0.813. The van der Waals surface area contributed by atoms with Gasteiger partial charge in [0.1, 0.15) is 11.9 Å². The number of rotatable bonds is 4. The van der Waals surface area contributed by atoms with E-state index >= 15 is 0 Å². The molecule has 1 amide bonds. The van der Waals surface area contributed by atoms with E-state index in [4.69, 9.17) is 0 Å². The molecule has 0 saturated carbocycles. The van der Waals surface area contributed by atoms with Crippen molar-refractivity contribution in [3.8, 4) is 11.8 Å². The first-order valence-electron chi connectivity index (χ1n) is 9.72. The van der Waals surface area contributed by atoms with Crippen molar-refractivity contribution in [2.45, 2.75) is 33.7 Å². The number of amides is 1. The molecule has 148 valence electrons. The smallest absolute Gasteiger partial charge is 0.255 e. The standard InChI is InChI=1S/C22H27FN4O/c1-15(2)21(14-24)25-9-11-26(12-10-25)22(28)18-13-16(3)27(17(18)4)20-8-6-5-7-19(20)23/h5-8,13,15,21H,9-12H2,1-4H3. The highest BCUT2D eigenvalue weighted by molar-refractivity contribution is 5.96. The fraction of sp³-hybridized carbons (Fsp3) is 0.455. The van der Waals surface area contributed by atoms with Crippen molar-refractivity contribution in [1.29, 1.82) is 5.26 Å². The van der Waals surface area contributed by atoms with Crippen LogP contribution in [-0.2, 0) is 0 Å². The summed E-state index contributed by atoms with van der Waals surface area (Å²) in [6.07, 6.45) is 0. The Balaban J connectivity index is 1.79. The van der Waals surface area contributed by atoms with Gasteiger partial charge in [0, 0.05) is 37.6 Å². The lowest BCUT2D eigenvalue weighted by Crippen LogP contribution is -2.52. The Morgan fingerprint density at radius 1 is 1.14 bits per heavy atom. The topological polar surface area (TPSA) is 52.3 Å². The van der Waals surface area contributed by atoms with Gasteiger partial charge in [-0.25, -0.2) is 4.39 Å². The van der Waals surface area contributed by atoms with Crippen LogP contribution < -0.4 is 0 Å². The van der Waals surface area contributed by atoms with E-state index in [1.807, 2.05) is 38.7 Å². The number of aromatic nitrogens is 1. The highest BCUT2D eigenvalue weighted by atomic mass is 19.1. The number of halogens is 1. The number of hydrogen-bond donors (Lipinski definition) is 0. The molecule has 1 aromatic carbocycles. The van der Waals surface area contributed by atoms with Crippen LogP contribution in [0.5, 0.6) is 0 Å². The van der Waals surface area contributed by atoms with Crippen LogP contribution in [-0.4, -0.2) is 52.5 Å². The van der Waals surface area contributed by atoms with Crippen LogP contribution in [0.4, 0.5) is 4.39 Å². The minimum Gasteiger partial charge on any atom is -0.336 e. The number of nitrogens with zero attached hydrogens (tertiary/aromatic N) is 4. The van der Waals surface area contributed by atoms with Crippen molar-refractivity contribution in [2.75, 3.05) is 26.2 Å². The number of carbonyl (C=O) groups is 1. The Labute approximate surface area is 166 Å². The average Bonchev–Trinajstić information content (AvgIpc) is 2.97. The SMILES string of the molecule is Cc1cc(C(=O)N2CCN(C(C#N)C(C)C)CC2)c(C)n1-c1ccccc1F. The third-order valence-corrected chi connectivity index (χ3v) is 5.51. The predicted octanol–water partition coefficient (Wildman–Crippen LogP) is 3.54. The molecule has 2 aromatic rings. The number of carbonyl (C=O) groups excluding carboxylic acids is 1. The Morgan fingerprint density at radius 3 is 2.36 bits per heavy atom. The third kappa shape index (κ3) is 3.67. The van der Waals surface area contributed by atoms with Crippen molar-refractivity contribution in [3.05, 3.63) is 53.1 Å². The number of piperazine rings is 1. The monoisotopic (exact) mass is 382 g/mol. The van der Waals surface area contributed by atoms with Gasteiger partial charge in [-0.05, 0) is 38.0 Å². The van der Waals surface area contributed by atoms with Crippen LogP contribution in [0, 0.1) is 36.9 Å². The predicted molar refractivity (Wildman–Crippen MR) is 107 cm³/mol. The molecule has 1 atom stereocenters. The zero-order chi connectivity index (χ0) is 20.4. The highest BCUT2D eigenvalue weighted by Gasteiger charge is 2.29. The molecule has 0 N–H and O–H groups in total. The van der Waals surface area contributed by atoms with Gasteiger partial charge >= 0.3 is 0 Å². The van der Waals surface area contributed by atoms with Crippen LogP contribution in [0.25, 0.3) is 5.69 Å². The van der Waals surface area contributed by atoms with Crippen molar-refractivity contribution >= 4 is 5.91 Å². The second kappa shape index (κ2) is 8.15. The van der Waals surface area contributed by atoms with E-state index in [2.05, 4.69) is 11.0 Å². The van der Waals surface area contributed by atoms with Crippen LogP contribution in [0.2, 0.25) is 0 Å². The lowest BCUT2D eigenvalue weighted by Gasteiger charge is -2.38. The van der Waals surface area contributed by atoms with Crippen LogP contribution >= 0.6 is 0 Å². The summed E-state index contributed by atoms with van der Waals surface area (Å²) in [6, 6.07) is 10.7. The summed E-state index contributed by atoms with van der Waals surface area (Å²) in [5.41, 5.74) is 2.63. The summed E-state index contributed by atoms with van der Waals surface area (Å²) in [6.45, 7) is 10.4. The zero-order valence-electron chi connectivity index (χ0n) is 16.9. The van der Waals surface area contributed by atoms with Crippen molar-refractivity contribution in [2.24, 2.45) is 5.92 Å². The largest absolute Gasteiger partial charge is 0.336 e. The summed E-state index contributed by atoms with van der Waals surface area (Å²) in [5.74, 6) is -0.0894. The lowest BCUT2D eigenvalue weighted by molar-refractivity contribution is 0.0576. The minimum absolute atomic E-state index is 0.0339. The summed E-state index contributed by atoms with van der Waals surface area (Å²) in [5, 5.41) is 9.40. The first-order chi connectivity index (χ1) is 13.3. The van der Waals surface area contributed by atoms with E-state index < -0.39 is 0 Å². The summed E-state index contributed by atoms with van der Waals surface area (Å²) in [7, 11) is 0. The van der Waals surface area contributed by atoms with Gasteiger partial charge in [-0.1, -0.05) is 26.0 Å². The molecule has 0 radical (unpaired) electrons. The fourth-order valence-corrected chi connectivity index (χ4v) is 4.01. The molecule has 1 saturated heterocycles. The lowest BCUT2D eigenvalue weighted by atomic mass is 10.0. The molecular formula is C22H27FN4O. The van der Waals surface area contributed by atoms with Gasteiger partial charge in [-0.3, -0.25) is 9.69 Å². The van der Waals surface area contributed by atoms with Gasteiger partial charge in [0.25, 0.3) is 5.91 Å². The van der Waals surface area contributed by atoms with Gasteiger partial charge in [0.15, 0.2) is 0 Å². The molecule has 1 fully saturated rings. The Bertz CT molecular complexity index is 904. The molecule has 0 spiro atoms. The van der Waals surface area contributed by atoms with E-state index in [0.29, 0.717) is 37.4 Å². The Hall–Kier alpha value is -2.65. The maximum absolute atomic E-state index is 14.3. The molecular weight excluding hydrogens is 355 g/mol. The van der Waals surface area contributed by atoms with Gasteiger partial charge in [-0.2, -0.15) is 5.26 Å². The number of aryl methyl sites for hydroxylation is 1. The van der Waals surface area contributed by atoms with Crippen LogP contribution in [0.15, 0.2) is 30.3 Å². The molecule has 1 aliphatic rings. The van der Waals surface area contributed by atoms with Gasteiger partial charge in [0.05, 0.1) is 17.3 Å². The maximum Gasteiger partial charge on any atom is 0.255 e. The number of benzene rings is 1. The number of para-hydroxylation sites is 1. The van der Waals surface area contributed by atoms with Crippen LogP contribution in [0.1, 0.15) is 35.6 Å². The van der Waals surface area contributed by atoms with E-state index in [1.54, 1.807) is 22.8 Å². The molecule has 1 aliphatic heterocycles. The fourth-order valence-electron chi connectivity index (χ4n) is 4.01. The van der Waals surface area contributed by atoms with Gasteiger partial charge in [0.2, 0.25) is 0 Å². The minimum atomic E-state index is -0.312. The molecule has 0 aliphatic carbocycles. The first kappa shape index (κ1) is 20.1. The normalized spacial score (nSPS) is 16.2. The second-order valence-electron chi connectivity index (χ2n) is 7.72. The Kier molecular flexibility index (Phi) is 5.85. The molecule has 0 bridgehead atoms. The first-order valence-corrected chi connectivity index (χ1v) is 9.72. The molecule has 1 unspecified atom stereocenters.